The van der Waals surface area contributed by atoms with Crippen LogP contribution < -0.4 is 14.7 Å². The Bertz CT molecular complexity index is 3770. The summed E-state index contributed by atoms with van der Waals surface area (Å²) in [5.41, 5.74) is 15.1. The number of rotatable bonds is 6. The van der Waals surface area contributed by atoms with Gasteiger partial charge < -0.3 is 14.7 Å². The molecule has 3 nitrogen and oxygen atoms in total. The fourth-order valence-electron chi connectivity index (χ4n) is 11.6. The van der Waals surface area contributed by atoms with Crippen molar-refractivity contribution in [3.8, 4) is 0 Å². The van der Waals surface area contributed by atoms with E-state index in [2.05, 4.69) is 267 Å². The van der Waals surface area contributed by atoms with Gasteiger partial charge in [0.15, 0.2) is 0 Å². The van der Waals surface area contributed by atoms with E-state index in [1.165, 1.54) is 82.4 Å². The number of para-hydroxylation sites is 3. The Morgan fingerprint density at radius 1 is 0.299 bits per heavy atom. The van der Waals surface area contributed by atoms with Gasteiger partial charge in [-0.25, -0.2) is 0 Å². The highest BCUT2D eigenvalue weighted by Crippen LogP contribution is 2.62. The molecule has 0 saturated heterocycles. The second kappa shape index (κ2) is 14.7. The van der Waals surface area contributed by atoms with Crippen molar-refractivity contribution in [1.29, 1.82) is 0 Å². The molecule has 2 aliphatic heterocycles. The van der Waals surface area contributed by atoms with Gasteiger partial charge in [-0.2, -0.15) is 0 Å². The van der Waals surface area contributed by atoms with Gasteiger partial charge in [0.05, 0.1) is 28.4 Å². The molecule has 11 aromatic carbocycles. The molecule has 0 saturated carbocycles. The van der Waals surface area contributed by atoms with Crippen molar-refractivity contribution in [3.63, 3.8) is 0 Å². The van der Waals surface area contributed by atoms with Crippen LogP contribution in [0.4, 0.5) is 51.2 Å². The molecule has 2 heterocycles. The van der Waals surface area contributed by atoms with Crippen LogP contribution in [0.25, 0.3) is 43.1 Å². The van der Waals surface area contributed by atoms with Crippen LogP contribution in [-0.2, 0) is 10.8 Å². The smallest absolute Gasteiger partial charge is 0.0546 e. The predicted octanol–water partition coefficient (Wildman–Crippen LogP) is 18.0. The van der Waals surface area contributed by atoms with Gasteiger partial charge in [0.25, 0.3) is 0 Å². The minimum Gasteiger partial charge on any atom is -0.310 e. The van der Waals surface area contributed by atoms with Crippen molar-refractivity contribution in [3.05, 3.63) is 247 Å². The zero-order chi connectivity index (χ0) is 45.0. The van der Waals surface area contributed by atoms with Crippen molar-refractivity contribution < 1.29 is 0 Å². The van der Waals surface area contributed by atoms with Crippen molar-refractivity contribution in [2.45, 2.75) is 38.5 Å². The van der Waals surface area contributed by atoms with Crippen LogP contribution in [0.3, 0.4) is 0 Å². The Balaban J connectivity index is 1.08. The summed E-state index contributed by atoms with van der Waals surface area (Å²) in [5.74, 6) is 0. The van der Waals surface area contributed by atoms with E-state index in [1.54, 1.807) is 0 Å². The zero-order valence-electron chi connectivity index (χ0n) is 38.2. The molecule has 67 heavy (non-hydrogen) atoms. The SMILES string of the molecule is CC1(C)c2ccccc2N2c3ccc(N(c4ccccc4)c4cc5ccccc5c5ccccc45)cc3C(C)(C)c3cc(N(c4ccccc4)c4cc5ccccc5c5ccccc45)cc1c32. The van der Waals surface area contributed by atoms with Crippen molar-refractivity contribution in [1.82, 2.24) is 0 Å². The van der Waals surface area contributed by atoms with Crippen molar-refractivity contribution in [2.24, 2.45) is 0 Å². The van der Waals surface area contributed by atoms with Gasteiger partial charge in [-0.3, -0.25) is 0 Å². The molecule has 0 aromatic heterocycles. The summed E-state index contributed by atoms with van der Waals surface area (Å²) in [6.45, 7) is 9.71. The zero-order valence-corrected chi connectivity index (χ0v) is 38.2. The number of anilines is 9. The second-order valence-electron chi connectivity index (χ2n) is 19.4. The Hall–Kier alpha value is -8.14. The van der Waals surface area contributed by atoms with Crippen LogP contribution in [0.15, 0.2) is 224 Å². The quantitative estimate of drug-likeness (QED) is 0.154. The van der Waals surface area contributed by atoms with Crippen LogP contribution in [0, 0.1) is 0 Å². The van der Waals surface area contributed by atoms with E-state index in [-0.39, 0.29) is 5.41 Å². The monoisotopic (exact) mass is 859 g/mol. The lowest BCUT2D eigenvalue weighted by molar-refractivity contribution is 0.597. The molecule has 3 heteroatoms. The lowest BCUT2D eigenvalue weighted by Crippen LogP contribution is -2.38. The third-order valence-corrected chi connectivity index (χ3v) is 14.9. The number of benzene rings is 11. The highest BCUT2D eigenvalue weighted by Gasteiger charge is 2.46. The molecule has 0 fully saturated rings. The van der Waals surface area contributed by atoms with E-state index in [0.717, 1.165) is 34.1 Å². The largest absolute Gasteiger partial charge is 0.310 e. The maximum absolute atomic E-state index is 2.58. The number of hydrogen-bond acceptors (Lipinski definition) is 3. The summed E-state index contributed by atoms with van der Waals surface area (Å²) < 4.78 is 0. The van der Waals surface area contributed by atoms with Crippen LogP contribution in [-0.4, -0.2) is 0 Å². The Morgan fingerprint density at radius 3 is 1.25 bits per heavy atom. The third-order valence-electron chi connectivity index (χ3n) is 14.9. The number of fused-ring (bicyclic) bond motifs is 10. The molecular weight excluding hydrogens is 811 g/mol. The molecule has 0 N–H and O–H groups in total. The molecule has 0 spiro atoms. The minimum atomic E-state index is -0.411. The van der Waals surface area contributed by atoms with E-state index in [1.807, 2.05) is 0 Å². The maximum atomic E-state index is 2.58. The standard InChI is InChI=1S/C64H49N3/c1-63(2)54-33-19-20-34-58(54)67-59-36-35-46(65(44-23-7-5-8-24-44)60-37-42-21-11-13-27-48(42)50-29-15-17-31-52(50)60)39-55(59)64(3,4)57-41-47(40-56(63)62(57)67)66(45-25-9-6-10-26-45)61-38-43-22-12-14-28-49(43)51-30-16-18-32-53(51)61/h5-41H,1-4H3. The van der Waals surface area contributed by atoms with Gasteiger partial charge in [0.2, 0.25) is 0 Å². The summed E-state index contributed by atoms with van der Waals surface area (Å²) in [4.78, 5) is 7.56. The molecule has 320 valence electrons. The highest BCUT2D eigenvalue weighted by molar-refractivity contribution is 6.16. The first kappa shape index (κ1) is 39.2. The fraction of sp³-hybridized carbons (Fsp3) is 0.0938. The van der Waals surface area contributed by atoms with E-state index < -0.39 is 5.41 Å². The minimum absolute atomic E-state index is 0.296. The molecule has 2 aliphatic rings. The Morgan fingerprint density at radius 2 is 0.701 bits per heavy atom. The van der Waals surface area contributed by atoms with Crippen molar-refractivity contribution in [2.75, 3.05) is 14.7 Å². The molecule has 13 rings (SSSR count). The Kier molecular flexibility index (Phi) is 8.60. The van der Waals surface area contributed by atoms with Gasteiger partial charge >= 0.3 is 0 Å². The molecule has 0 aliphatic carbocycles. The van der Waals surface area contributed by atoms with Gasteiger partial charge in [-0.15, -0.1) is 0 Å². The first-order valence-electron chi connectivity index (χ1n) is 23.5. The van der Waals surface area contributed by atoms with Crippen LogP contribution >= 0.6 is 0 Å². The average molecular weight is 860 g/mol. The summed E-state index contributed by atoms with van der Waals surface area (Å²) >= 11 is 0. The molecule has 11 aromatic rings. The molecule has 0 amide bonds. The summed E-state index contributed by atoms with van der Waals surface area (Å²) in [7, 11) is 0. The topological polar surface area (TPSA) is 9.72 Å². The van der Waals surface area contributed by atoms with E-state index in [0.29, 0.717) is 0 Å². The van der Waals surface area contributed by atoms with E-state index >= 15 is 0 Å². The maximum Gasteiger partial charge on any atom is 0.0546 e. The van der Waals surface area contributed by atoms with E-state index in [9.17, 15) is 0 Å². The summed E-state index contributed by atoms with van der Waals surface area (Å²) in [6.07, 6.45) is 0. The number of hydrogen-bond donors (Lipinski definition) is 0. The molecule has 0 radical (unpaired) electrons. The molecule has 0 unspecified atom stereocenters. The van der Waals surface area contributed by atoms with Gasteiger partial charge in [-0.1, -0.05) is 179 Å². The first-order valence-corrected chi connectivity index (χ1v) is 23.5. The second-order valence-corrected chi connectivity index (χ2v) is 19.4. The predicted molar refractivity (Wildman–Crippen MR) is 285 cm³/mol. The van der Waals surface area contributed by atoms with Gasteiger partial charge in [-0.05, 0) is 127 Å². The summed E-state index contributed by atoms with van der Waals surface area (Å²) in [5, 5.41) is 9.91. The molecule has 0 atom stereocenters. The van der Waals surface area contributed by atoms with Crippen molar-refractivity contribution >= 4 is 94.3 Å². The van der Waals surface area contributed by atoms with Crippen LogP contribution in [0.5, 0.6) is 0 Å². The normalized spacial score (nSPS) is 14.2. The number of nitrogens with zero attached hydrogens (tertiary/aromatic N) is 3. The molecule has 0 bridgehead atoms. The third kappa shape index (κ3) is 5.84. The van der Waals surface area contributed by atoms with Gasteiger partial charge in [0, 0.05) is 44.4 Å². The van der Waals surface area contributed by atoms with Crippen LogP contribution in [0.1, 0.15) is 49.9 Å². The molecular formula is C64H49N3. The lowest BCUT2D eigenvalue weighted by atomic mass is 9.66. The average Bonchev–Trinajstić information content (AvgIpc) is 3.37. The summed E-state index contributed by atoms with van der Waals surface area (Å²) in [6, 6.07) is 83.2. The van der Waals surface area contributed by atoms with Gasteiger partial charge in [0.1, 0.15) is 0 Å². The van der Waals surface area contributed by atoms with Crippen LogP contribution in [0.2, 0.25) is 0 Å². The fourth-order valence-corrected chi connectivity index (χ4v) is 11.6. The van der Waals surface area contributed by atoms with E-state index in [4.69, 9.17) is 0 Å². The first-order chi connectivity index (χ1) is 32.8. The lowest BCUT2D eigenvalue weighted by Gasteiger charge is -2.50. The highest BCUT2D eigenvalue weighted by atomic mass is 15.2. The Labute approximate surface area is 392 Å².